The number of imide groups is 1. The molecular formula is C22H34N3O6+. The Bertz CT molecular complexity index is 759. The van der Waals surface area contributed by atoms with Crippen LogP contribution in [0.5, 0.6) is 0 Å². The van der Waals surface area contributed by atoms with Crippen LogP contribution >= 0.6 is 0 Å². The fourth-order valence-electron chi connectivity index (χ4n) is 4.29. The van der Waals surface area contributed by atoms with E-state index in [4.69, 9.17) is 5.73 Å². The van der Waals surface area contributed by atoms with Gasteiger partial charge in [-0.1, -0.05) is 30.3 Å². The molecule has 2 rings (SSSR count). The quantitative estimate of drug-likeness (QED) is 0.326. The van der Waals surface area contributed by atoms with Crippen molar-refractivity contribution in [3.8, 4) is 0 Å². The molecule has 1 aliphatic heterocycles. The van der Waals surface area contributed by atoms with Crippen LogP contribution in [-0.2, 0) is 16.0 Å². The van der Waals surface area contributed by atoms with Crippen molar-refractivity contribution >= 4 is 18.0 Å². The summed E-state index contributed by atoms with van der Waals surface area (Å²) in [5.41, 5.74) is 6.44. The first-order chi connectivity index (χ1) is 14.7. The van der Waals surface area contributed by atoms with Crippen molar-refractivity contribution < 1.29 is 34.2 Å². The SMILES string of the molecule is C[C@@H]1CCC[N+]1(C(=O)O)C(=O)C(CCC(O)CN)NC(CCc1ccccc1)C(=O)O. The van der Waals surface area contributed by atoms with Gasteiger partial charge < -0.3 is 21.1 Å². The summed E-state index contributed by atoms with van der Waals surface area (Å²) in [6, 6.07) is 6.96. The number of aliphatic hydroxyl groups excluding tert-OH is 1. The minimum Gasteiger partial charge on any atom is -0.480 e. The Labute approximate surface area is 182 Å². The molecule has 1 aliphatic rings. The van der Waals surface area contributed by atoms with Crippen LogP contribution in [0.1, 0.15) is 44.6 Å². The number of aliphatic carboxylic acids is 1. The highest BCUT2D eigenvalue weighted by Crippen LogP contribution is 2.30. The van der Waals surface area contributed by atoms with Crippen molar-refractivity contribution in [2.75, 3.05) is 13.1 Å². The molecule has 1 aromatic rings. The lowest BCUT2D eigenvalue weighted by atomic mass is 10.0. The third-order valence-electron chi connectivity index (χ3n) is 6.24. The highest BCUT2D eigenvalue weighted by Gasteiger charge is 2.55. The zero-order valence-electron chi connectivity index (χ0n) is 17.9. The van der Waals surface area contributed by atoms with Crippen molar-refractivity contribution in [3.05, 3.63) is 35.9 Å². The third kappa shape index (κ3) is 6.10. The number of nitrogens with two attached hydrogens (primary N) is 1. The maximum absolute atomic E-state index is 13.5. The van der Waals surface area contributed by atoms with Crippen LogP contribution in [0.15, 0.2) is 30.3 Å². The number of nitrogens with one attached hydrogen (secondary N) is 1. The smallest absolute Gasteiger partial charge is 0.480 e. The van der Waals surface area contributed by atoms with Gasteiger partial charge in [-0.2, -0.15) is 9.28 Å². The first-order valence-electron chi connectivity index (χ1n) is 10.8. The zero-order chi connectivity index (χ0) is 23.0. The molecule has 0 aliphatic carbocycles. The first kappa shape index (κ1) is 24.9. The number of hydrogen-bond acceptors (Lipinski definition) is 6. The number of nitrogens with zero attached hydrogens (tertiary/aromatic N) is 1. The summed E-state index contributed by atoms with van der Waals surface area (Å²) >= 11 is 0. The van der Waals surface area contributed by atoms with E-state index >= 15 is 0 Å². The lowest BCUT2D eigenvalue weighted by Gasteiger charge is -2.34. The Morgan fingerprint density at radius 2 is 1.81 bits per heavy atom. The van der Waals surface area contributed by atoms with E-state index in [0.29, 0.717) is 19.3 Å². The average molecular weight is 437 g/mol. The van der Waals surface area contributed by atoms with Crippen LogP contribution in [0.4, 0.5) is 4.79 Å². The summed E-state index contributed by atoms with van der Waals surface area (Å²) in [4.78, 5) is 37.5. The van der Waals surface area contributed by atoms with Gasteiger partial charge in [0.25, 0.3) is 0 Å². The molecule has 1 aromatic carbocycles. The monoisotopic (exact) mass is 436 g/mol. The zero-order valence-corrected chi connectivity index (χ0v) is 17.9. The van der Waals surface area contributed by atoms with Gasteiger partial charge in [-0.15, -0.1) is 0 Å². The summed E-state index contributed by atoms with van der Waals surface area (Å²) in [6.45, 7) is 1.91. The number of likely N-dealkylation sites (tertiary alicyclic amines) is 1. The molecule has 5 atom stereocenters. The Hall–Kier alpha value is -2.33. The summed E-state index contributed by atoms with van der Waals surface area (Å²) in [5, 5.41) is 32.4. The van der Waals surface area contributed by atoms with Crippen LogP contribution in [0.3, 0.4) is 0 Å². The number of carbonyl (C=O) groups is 3. The number of hydrogen-bond donors (Lipinski definition) is 5. The second kappa shape index (κ2) is 11.3. The van der Waals surface area contributed by atoms with E-state index in [0.717, 1.165) is 5.56 Å². The molecule has 9 nitrogen and oxygen atoms in total. The second-order valence-electron chi connectivity index (χ2n) is 8.31. The predicted molar refractivity (Wildman–Crippen MR) is 114 cm³/mol. The summed E-state index contributed by atoms with van der Waals surface area (Å²) in [5.74, 6) is -1.67. The summed E-state index contributed by atoms with van der Waals surface area (Å²) < 4.78 is -0.721. The molecule has 0 radical (unpaired) electrons. The van der Waals surface area contributed by atoms with Crippen LogP contribution in [-0.4, -0.2) is 75.1 Å². The molecule has 0 saturated carbocycles. The lowest BCUT2D eigenvalue weighted by molar-refractivity contribution is -0.793. The number of aryl methyl sites for hydroxylation is 1. The van der Waals surface area contributed by atoms with Crippen LogP contribution < -0.4 is 11.1 Å². The summed E-state index contributed by atoms with van der Waals surface area (Å²) in [7, 11) is 0. The van der Waals surface area contributed by atoms with Gasteiger partial charge in [0.2, 0.25) is 0 Å². The van der Waals surface area contributed by atoms with Gasteiger partial charge in [-0.3, -0.25) is 10.1 Å². The van der Waals surface area contributed by atoms with E-state index in [-0.39, 0.29) is 32.4 Å². The largest absolute Gasteiger partial charge is 0.521 e. The first-order valence-corrected chi connectivity index (χ1v) is 10.8. The summed E-state index contributed by atoms with van der Waals surface area (Å²) in [6.07, 6.45) is 0.139. The Morgan fingerprint density at radius 3 is 2.32 bits per heavy atom. The molecule has 0 spiro atoms. The molecule has 9 heteroatoms. The number of carboxylic acids is 1. The van der Waals surface area contributed by atoms with E-state index in [1.54, 1.807) is 6.92 Å². The number of rotatable bonds is 11. The van der Waals surface area contributed by atoms with Gasteiger partial charge in [-0.25, -0.2) is 4.79 Å². The third-order valence-corrected chi connectivity index (χ3v) is 6.24. The number of carbonyl (C=O) groups excluding carboxylic acids is 1. The fourth-order valence-corrected chi connectivity index (χ4v) is 4.29. The predicted octanol–water partition coefficient (Wildman–Crippen LogP) is 1.33. The highest BCUT2D eigenvalue weighted by molar-refractivity contribution is 5.85. The van der Waals surface area contributed by atoms with Crippen LogP contribution in [0, 0.1) is 0 Å². The maximum Gasteiger partial charge on any atom is 0.521 e. The molecule has 6 N–H and O–H groups in total. The highest BCUT2D eigenvalue weighted by atomic mass is 16.4. The van der Waals surface area contributed by atoms with Crippen molar-refractivity contribution in [1.82, 2.24) is 5.32 Å². The molecule has 1 heterocycles. The topological polar surface area (TPSA) is 150 Å². The average Bonchev–Trinajstić information content (AvgIpc) is 3.15. The molecule has 1 fully saturated rings. The molecule has 2 amide bonds. The van der Waals surface area contributed by atoms with Crippen molar-refractivity contribution in [1.29, 1.82) is 0 Å². The molecule has 4 unspecified atom stereocenters. The molecule has 172 valence electrons. The van der Waals surface area contributed by atoms with Gasteiger partial charge in [-0.05, 0) is 38.2 Å². The van der Waals surface area contributed by atoms with Gasteiger partial charge in [0.15, 0.2) is 0 Å². The Balaban J connectivity index is 2.23. The minimum absolute atomic E-state index is 0.00656. The second-order valence-corrected chi connectivity index (χ2v) is 8.31. The van der Waals surface area contributed by atoms with Crippen molar-refractivity contribution in [3.63, 3.8) is 0 Å². The molecule has 0 aromatic heterocycles. The van der Waals surface area contributed by atoms with Crippen molar-refractivity contribution in [2.45, 2.75) is 69.7 Å². The standard InChI is InChI=1S/C22H33N3O6/c1-15-6-5-13-25(15,22(30)31)20(27)18(12-10-17(26)14-23)24-19(21(28)29)11-9-16-7-3-2-4-8-16/h2-4,7-8,15,17-19,24,26H,5-6,9-14,23H2,1H3,(H-,28,29,30,31)/p+1/t15-,17?,18?,19?,25?/m1/s1. The van der Waals surface area contributed by atoms with Crippen LogP contribution in [0.2, 0.25) is 0 Å². The number of quaternary nitrogens is 1. The van der Waals surface area contributed by atoms with E-state index in [9.17, 15) is 29.7 Å². The number of benzene rings is 1. The van der Waals surface area contributed by atoms with Gasteiger partial charge in [0, 0.05) is 19.4 Å². The number of amides is 2. The van der Waals surface area contributed by atoms with E-state index in [1.807, 2.05) is 30.3 Å². The van der Waals surface area contributed by atoms with Gasteiger partial charge in [0.1, 0.15) is 18.1 Å². The number of aliphatic hydroxyl groups is 1. The van der Waals surface area contributed by atoms with Crippen LogP contribution in [0.25, 0.3) is 0 Å². The lowest BCUT2D eigenvalue weighted by Crippen LogP contribution is -2.65. The minimum atomic E-state index is -1.22. The Kier molecular flexibility index (Phi) is 9.12. The van der Waals surface area contributed by atoms with E-state index < -0.39 is 46.7 Å². The Morgan fingerprint density at radius 1 is 1.13 bits per heavy atom. The molecule has 31 heavy (non-hydrogen) atoms. The molecule has 0 bridgehead atoms. The van der Waals surface area contributed by atoms with E-state index in [1.165, 1.54) is 0 Å². The number of carboxylic acid groups (broad SMARTS) is 2. The van der Waals surface area contributed by atoms with Gasteiger partial charge >= 0.3 is 18.0 Å². The fraction of sp³-hybridized carbons (Fsp3) is 0.591. The van der Waals surface area contributed by atoms with Gasteiger partial charge in [0.05, 0.1) is 12.6 Å². The normalized spacial score (nSPS) is 23.8. The molecule has 1 saturated heterocycles. The van der Waals surface area contributed by atoms with E-state index in [2.05, 4.69) is 5.32 Å². The maximum atomic E-state index is 13.5. The molecular weight excluding hydrogens is 402 g/mol. The van der Waals surface area contributed by atoms with Crippen molar-refractivity contribution in [2.24, 2.45) is 5.73 Å².